The van der Waals surface area contributed by atoms with Gasteiger partial charge in [-0.1, -0.05) is 0 Å². The van der Waals surface area contributed by atoms with Crippen molar-refractivity contribution < 1.29 is 17.9 Å². The van der Waals surface area contributed by atoms with Gasteiger partial charge in [0.25, 0.3) is 6.43 Å². The summed E-state index contributed by atoms with van der Waals surface area (Å²) in [6.45, 7) is 0. The van der Waals surface area contributed by atoms with Crippen LogP contribution in [0.5, 0.6) is 5.75 Å². The topological polar surface area (TPSA) is 45.9 Å². The lowest BCUT2D eigenvalue weighted by Crippen LogP contribution is -2.01. The summed E-state index contributed by atoms with van der Waals surface area (Å²) in [6.07, 6.45) is -2.18. The standard InChI is InChI=1S/C8H5F3N2O/c1-14-7-4(2-12)3-13-6(5(7)9)8(10)11/h3,8H,1H3. The summed E-state index contributed by atoms with van der Waals surface area (Å²) < 4.78 is 41.9. The molecule has 1 heterocycles. The van der Waals surface area contributed by atoms with E-state index < -0.39 is 23.7 Å². The molecular weight excluding hydrogens is 197 g/mol. The lowest BCUT2D eigenvalue weighted by Gasteiger charge is -2.06. The van der Waals surface area contributed by atoms with Crippen LogP contribution in [0.3, 0.4) is 0 Å². The maximum absolute atomic E-state index is 13.2. The Hall–Kier alpha value is -1.77. The van der Waals surface area contributed by atoms with Crippen molar-refractivity contribution in [3.63, 3.8) is 0 Å². The third-order valence-electron chi connectivity index (χ3n) is 1.53. The molecule has 0 fully saturated rings. The number of nitrogens with zero attached hydrogens (tertiary/aromatic N) is 2. The predicted molar refractivity (Wildman–Crippen MR) is 40.4 cm³/mol. The molecule has 0 bridgehead atoms. The van der Waals surface area contributed by atoms with E-state index in [1.807, 2.05) is 0 Å². The summed E-state index contributed by atoms with van der Waals surface area (Å²) in [7, 11) is 1.09. The van der Waals surface area contributed by atoms with Crippen molar-refractivity contribution >= 4 is 0 Å². The molecule has 0 atom stereocenters. The highest BCUT2D eigenvalue weighted by Gasteiger charge is 2.21. The molecule has 0 amide bonds. The maximum atomic E-state index is 13.2. The van der Waals surface area contributed by atoms with Crippen molar-refractivity contribution in [2.24, 2.45) is 0 Å². The van der Waals surface area contributed by atoms with Gasteiger partial charge in [-0.15, -0.1) is 0 Å². The Morgan fingerprint density at radius 1 is 1.57 bits per heavy atom. The molecule has 1 rings (SSSR count). The first-order valence-corrected chi connectivity index (χ1v) is 3.52. The molecule has 0 aliphatic rings. The summed E-state index contributed by atoms with van der Waals surface area (Å²) in [5.74, 6) is -1.79. The van der Waals surface area contributed by atoms with Crippen LogP contribution < -0.4 is 4.74 Å². The van der Waals surface area contributed by atoms with Crippen molar-refractivity contribution in [2.75, 3.05) is 7.11 Å². The third kappa shape index (κ3) is 1.62. The highest BCUT2D eigenvalue weighted by atomic mass is 19.3. The number of halogens is 3. The predicted octanol–water partition coefficient (Wildman–Crippen LogP) is 2.04. The van der Waals surface area contributed by atoms with Crippen molar-refractivity contribution in [3.8, 4) is 11.8 Å². The first kappa shape index (κ1) is 10.3. The van der Waals surface area contributed by atoms with Crippen LogP contribution >= 0.6 is 0 Å². The van der Waals surface area contributed by atoms with Gasteiger partial charge in [-0.25, -0.2) is 13.2 Å². The molecule has 0 unspecified atom stereocenters. The summed E-state index contributed by atoms with van der Waals surface area (Å²) in [4.78, 5) is 3.13. The number of hydrogen-bond acceptors (Lipinski definition) is 3. The summed E-state index contributed by atoms with van der Waals surface area (Å²) in [5.41, 5.74) is -1.23. The number of rotatable bonds is 2. The van der Waals surface area contributed by atoms with E-state index in [1.165, 1.54) is 0 Å². The van der Waals surface area contributed by atoms with E-state index in [4.69, 9.17) is 5.26 Å². The third-order valence-corrected chi connectivity index (χ3v) is 1.53. The summed E-state index contributed by atoms with van der Waals surface area (Å²) in [5, 5.41) is 8.48. The van der Waals surface area contributed by atoms with Crippen LogP contribution in [-0.2, 0) is 0 Å². The van der Waals surface area contributed by atoms with Gasteiger partial charge in [0.1, 0.15) is 17.3 Å². The average molecular weight is 202 g/mol. The average Bonchev–Trinajstić information content (AvgIpc) is 2.16. The van der Waals surface area contributed by atoms with Crippen molar-refractivity contribution in [1.29, 1.82) is 5.26 Å². The highest BCUT2D eigenvalue weighted by molar-refractivity contribution is 5.43. The van der Waals surface area contributed by atoms with Gasteiger partial charge in [0, 0.05) is 6.20 Å². The summed E-state index contributed by atoms with van der Waals surface area (Å²) in [6, 6.07) is 1.58. The molecule has 14 heavy (non-hydrogen) atoms. The number of methoxy groups -OCH3 is 1. The van der Waals surface area contributed by atoms with Crippen LogP contribution in [0.4, 0.5) is 13.2 Å². The molecule has 1 aromatic rings. The fourth-order valence-electron chi connectivity index (χ4n) is 0.915. The van der Waals surface area contributed by atoms with Crippen molar-refractivity contribution in [1.82, 2.24) is 4.98 Å². The van der Waals surface area contributed by atoms with E-state index in [0.29, 0.717) is 0 Å². The van der Waals surface area contributed by atoms with Gasteiger partial charge in [-0.2, -0.15) is 5.26 Å². The Bertz CT molecular complexity index is 387. The lowest BCUT2D eigenvalue weighted by atomic mass is 10.2. The quantitative estimate of drug-likeness (QED) is 0.737. The zero-order valence-corrected chi connectivity index (χ0v) is 7.09. The Labute approximate surface area is 77.7 Å². The van der Waals surface area contributed by atoms with Gasteiger partial charge in [-0.05, 0) is 0 Å². The van der Waals surface area contributed by atoms with E-state index in [0.717, 1.165) is 13.3 Å². The monoisotopic (exact) mass is 202 g/mol. The SMILES string of the molecule is COc1c(C#N)cnc(C(F)F)c1F. The largest absolute Gasteiger partial charge is 0.492 e. The van der Waals surface area contributed by atoms with Crippen LogP contribution in [0.15, 0.2) is 6.20 Å². The second kappa shape index (κ2) is 3.96. The maximum Gasteiger partial charge on any atom is 0.283 e. The minimum atomic E-state index is -3.03. The first-order chi connectivity index (χ1) is 6.61. The second-order valence-electron chi connectivity index (χ2n) is 2.32. The number of nitriles is 1. The van der Waals surface area contributed by atoms with E-state index in [9.17, 15) is 13.2 Å². The zero-order valence-electron chi connectivity index (χ0n) is 7.09. The Balaban J connectivity index is 3.37. The molecule has 74 valence electrons. The van der Waals surface area contributed by atoms with Crippen LogP contribution in [0.2, 0.25) is 0 Å². The molecule has 6 heteroatoms. The zero-order chi connectivity index (χ0) is 10.7. The molecule has 0 radical (unpaired) electrons. The number of hydrogen-bond donors (Lipinski definition) is 0. The van der Waals surface area contributed by atoms with E-state index in [2.05, 4.69) is 9.72 Å². The van der Waals surface area contributed by atoms with E-state index in [1.54, 1.807) is 6.07 Å². The molecule has 1 aromatic heterocycles. The van der Waals surface area contributed by atoms with E-state index >= 15 is 0 Å². The molecule has 0 spiro atoms. The second-order valence-corrected chi connectivity index (χ2v) is 2.32. The minimum Gasteiger partial charge on any atom is -0.492 e. The van der Waals surface area contributed by atoms with Gasteiger partial charge in [0.15, 0.2) is 11.6 Å². The molecule has 0 aliphatic carbocycles. The number of pyridine rings is 1. The van der Waals surface area contributed by atoms with Gasteiger partial charge in [0.2, 0.25) is 0 Å². The molecule has 0 aromatic carbocycles. The van der Waals surface area contributed by atoms with Crippen LogP contribution in [0, 0.1) is 17.1 Å². The highest BCUT2D eigenvalue weighted by Crippen LogP contribution is 2.28. The number of aromatic nitrogens is 1. The Morgan fingerprint density at radius 2 is 2.21 bits per heavy atom. The molecule has 0 saturated heterocycles. The minimum absolute atomic E-state index is 0.214. The molecule has 0 saturated carbocycles. The number of alkyl halides is 2. The Kier molecular flexibility index (Phi) is 2.92. The first-order valence-electron chi connectivity index (χ1n) is 3.52. The van der Waals surface area contributed by atoms with Gasteiger partial charge in [-0.3, -0.25) is 4.98 Å². The molecule has 0 N–H and O–H groups in total. The van der Waals surface area contributed by atoms with E-state index in [-0.39, 0.29) is 5.56 Å². The normalized spacial score (nSPS) is 10.0. The van der Waals surface area contributed by atoms with Gasteiger partial charge in [0.05, 0.1) is 7.11 Å². The molecular formula is C8H5F3N2O. The fourth-order valence-corrected chi connectivity index (χ4v) is 0.915. The Morgan fingerprint density at radius 3 is 2.64 bits per heavy atom. The van der Waals surface area contributed by atoms with Crippen molar-refractivity contribution in [3.05, 3.63) is 23.3 Å². The van der Waals surface area contributed by atoms with Crippen LogP contribution in [-0.4, -0.2) is 12.1 Å². The van der Waals surface area contributed by atoms with Crippen LogP contribution in [0.1, 0.15) is 17.7 Å². The van der Waals surface area contributed by atoms with Gasteiger partial charge >= 0.3 is 0 Å². The van der Waals surface area contributed by atoms with Gasteiger partial charge < -0.3 is 4.74 Å². The lowest BCUT2D eigenvalue weighted by molar-refractivity contribution is 0.139. The smallest absolute Gasteiger partial charge is 0.283 e. The van der Waals surface area contributed by atoms with Crippen LogP contribution in [0.25, 0.3) is 0 Å². The number of ether oxygens (including phenoxy) is 1. The summed E-state index contributed by atoms with van der Waals surface area (Å²) >= 11 is 0. The molecule has 3 nitrogen and oxygen atoms in total. The molecule has 0 aliphatic heterocycles. The van der Waals surface area contributed by atoms with Crippen molar-refractivity contribution in [2.45, 2.75) is 6.43 Å². The fraction of sp³-hybridized carbons (Fsp3) is 0.250.